The number of aliphatic carboxylic acids is 1. The minimum Gasteiger partial charge on any atom is -0.481 e. The monoisotopic (exact) mass is 233 g/mol. The average molecular weight is 233 g/mol. The first-order chi connectivity index (χ1) is 7.49. The number of hydrogen-bond donors (Lipinski definition) is 1. The van der Waals surface area contributed by atoms with E-state index in [0.29, 0.717) is 26.1 Å². The lowest BCUT2D eigenvalue weighted by Crippen LogP contribution is -2.37. The van der Waals surface area contributed by atoms with Gasteiger partial charge in [0.2, 0.25) is 0 Å². The van der Waals surface area contributed by atoms with E-state index >= 15 is 0 Å². The van der Waals surface area contributed by atoms with Crippen LogP contribution in [0, 0.1) is 11.8 Å². The minimum atomic E-state index is -2.54. The van der Waals surface area contributed by atoms with Crippen molar-refractivity contribution in [3.8, 4) is 0 Å². The number of carboxylic acid groups (broad SMARTS) is 1. The summed E-state index contributed by atoms with van der Waals surface area (Å²) < 4.78 is 27.2. The molecular formula is C11H17F2NO2. The molecule has 1 saturated carbocycles. The zero-order valence-electron chi connectivity index (χ0n) is 9.16. The predicted octanol–water partition coefficient (Wildman–Crippen LogP) is 1.83. The molecule has 92 valence electrons. The molecule has 0 unspecified atom stereocenters. The summed E-state index contributed by atoms with van der Waals surface area (Å²) in [6.45, 7) is 1.41. The van der Waals surface area contributed by atoms with E-state index in [-0.39, 0.29) is 18.8 Å². The molecule has 1 N–H and O–H groups in total. The molecule has 2 rings (SSSR count). The van der Waals surface area contributed by atoms with Crippen molar-refractivity contribution in [3.63, 3.8) is 0 Å². The Balaban J connectivity index is 1.92. The Bertz CT molecular complexity index is 283. The van der Waals surface area contributed by atoms with E-state index in [2.05, 4.69) is 0 Å². The Labute approximate surface area is 93.4 Å². The molecule has 16 heavy (non-hydrogen) atoms. The number of halogens is 2. The number of hydrogen-bond acceptors (Lipinski definition) is 2. The fraction of sp³-hybridized carbons (Fsp3) is 0.909. The highest BCUT2D eigenvalue weighted by molar-refractivity contribution is 5.66. The van der Waals surface area contributed by atoms with E-state index in [1.807, 2.05) is 4.90 Å². The van der Waals surface area contributed by atoms with Gasteiger partial charge in [0.1, 0.15) is 0 Å². The zero-order valence-corrected chi connectivity index (χ0v) is 9.16. The lowest BCUT2D eigenvalue weighted by atomic mass is 9.79. The second kappa shape index (κ2) is 4.28. The quantitative estimate of drug-likeness (QED) is 0.808. The Morgan fingerprint density at radius 1 is 1.44 bits per heavy atom. The van der Waals surface area contributed by atoms with E-state index < -0.39 is 17.8 Å². The van der Waals surface area contributed by atoms with E-state index in [1.54, 1.807) is 0 Å². The summed E-state index contributed by atoms with van der Waals surface area (Å²) in [5.41, 5.74) is 0. The Morgan fingerprint density at radius 3 is 2.81 bits per heavy atom. The standard InChI is InChI=1S/C11H17F2NO2/c12-11(13)4-1-2-8-6-14(7-9(8)11)5-3-10(15)16/h8-9H,1-7H2,(H,15,16)/t8-,9+/m0/s1. The molecule has 0 aromatic carbocycles. The smallest absolute Gasteiger partial charge is 0.304 e. The van der Waals surface area contributed by atoms with Gasteiger partial charge in [-0.15, -0.1) is 0 Å². The third kappa shape index (κ3) is 2.34. The third-order valence-corrected chi connectivity index (χ3v) is 3.79. The van der Waals surface area contributed by atoms with Crippen molar-refractivity contribution in [2.45, 2.75) is 31.6 Å². The van der Waals surface area contributed by atoms with Gasteiger partial charge in [0.15, 0.2) is 0 Å². The third-order valence-electron chi connectivity index (χ3n) is 3.79. The number of likely N-dealkylation sites (tertiary alicyclic amines) is 1. The molecule has 0 bridgehead atoms. The maximum atomic E-state index is 13.6. The zero-order chi connectivity index (χ0) is 11.8. The first-order valence-corrected chi connectivity index (χ1v) is 5.81. The molecule has 0 aromatic heterocycles. The molecule has 2 atom stereocenters. The molecule has 1 saturated heterocycles. The molecular weight excluding hydrogens is 216 g/mol. The van der Waals surface area contributed by atoms with Crippen LogP contribution in [-0.2, 0) is 4.79 Å². The number of rotatable bonds is 3. The molecule has 0 amide bonds. The summed E-state index contributed by atoms with van der Waals surface area (Å²) in [5, 5.41) is 8.56. The number of carbonyl (C=O) groups is 1. The first kappa shape index (κ1) is 11.8. The highest BCUT2D eigenvalue weighted by atomic mass is 19.3. The van der Waals surface area contributed by atoms with E-state index in [1.165, 1.54) is 0 Å². The Hall–Kier alpha value is -0.710. The SMILES string of the molecule is O=C(O)CCN1C[C@@H]2CCCC(F)(F)[C@@H]2C1. The van der Waals surface area contributed by atoms with Crippen molar-refractivity contribution in [1.82, 2.24) is 4.90 Å². The van der Waals surface area contributed by atoms with Crippen molar-refractivity contribution in [3.05, 3.63) is 0 Å². The van der Waals surface area contributed by atoms with Gasteiger partial charge in [0, 0.05) is 32.0 Å². The molecule has 1 aliphatic carbocycles. The average Bonchev–Trinajstić information content (AvgIpc) is 2.59. The van der Waals surface area contributed by atoms with Crippen LogP contribution >= 0.6 is 0 Å². The highest BCUT2D eigenvalue weighted by Gasteiger charge is 2.50. The Morgan fingerprint density at radius 2 is 2.19 bits per heavy atom. The molecule has 2 fully saturated rings. The summed E-state index contributed by atoms with van der Waals surface area (Å²) in [4.78, 5) is 12.3. The molecule has 3 nitrogen and oxygen atoms in total. The van der Waals surface area contributed by atoms with Crippen molar-refractivity contribution < 1.29 is 18.7 Å². The van der Waals surface area contributed by atoms with Gasteiger partial charge in [-0.05, 0) is 18.8 Å². The van der Waals surface area contributed by atoms with Gasteiger partial charge < -0.3 is 10.0 Å². The van der Waals surface area contributed by atoms with Crippen LogP contribution in [0.5, 0.6) is 0 Å². The first-order valence-electron chi connectivity index (χ1n) is 5.81. The van der Waals surface area contributed by atoms with Gasteiger partial charge in [-0.25, -0.2) is 8.78 Å². The molecule has 0 spiro atoms. The molecule has 5 heteroatoms. The van der Waals surface area contributed by atoms with Gasteiger partial charge in [-0.2, -0.15) is 0 Å². The van der Waals surface area contributed by atoms with Crippen LogP contribution in [0.4, 0.5) is 8.78 Å². The van der Waals surface area contributed by atoms with Crippen LogP contribution in [0.15, 0.2) is 0 Å². The summed E-state index contributed by atoms with van der Waals surface area (Å²) >= 11 is 0. The second-order valence-corrected chi connectivity index (χ2v) is 4.92. The number of nitrogens with zero attached hydrogens (tertiary/aromatic N) is 1. The van der Waals surface area contributed by atoms with Crippen LogP contribution in [0.3, 0.4) is 0 Å². The van der Waals surface area contributed by atoms with E-state index in [0.717, 1.165) is 6.42 Å². The largest absolute Gasteiger partial charge is 0.481 e. The number of alkyl halides is 2. The lowest BCUT2D eigenvalue weighted by Gasteiger charge is -2.32. The minimum absolute atomic E-state index is 0.000930. The number of carboxylic acids is 1. The fourth-order valence-corrected chi connectivity index (χ4v) is 2.95. The summed E-state index contributed by atoms with van der Waals surface area (Å²) in [7, 11) is 0. The lowest BCUT2D eigenvalue weighted by molar-refractivity contribution is -0.137. The molecule has 2 aliphatic rings. The van der Waals surface area contributed by atoms with Crippen LogP contribution in [0.1, 0.15) is 25.7 Å². The molecule has 1 heterocycles. The van der Waals surface area contributed by atoms with Gasteiger partial charge in [-0.3, -0.25) is 4.79 Å². The van der Waals surface area contributed by atoms with Crippen molar-refractivity contribution >= 4 is 5.97 Å². The van der Waals surface area contributed by atoms with Crippen LogP contribution < -0.4 is 0 Å². The van der Waals surface area contributed by atoms with Gasteiger partial charge in [0.05, 0.1) is 6.42 Å². The fourth-order valence-electron chi connectivity index (χ4n) is 2.95. The van der Waals surface area contributed by atoms with Crippen molar-refractivity contribution in [1.29, 1.82) is 0 Å². The number of fused-ring (bicyclic) bond motifs is 1. The van der Waals surface area contributed by atoms with Gasteiger partial charge in [0.25, 0.3) is 5.92 Å². The normalized spacial score (nSPS) is 33.6. The highest BCUT2D eigenvalue weighted by Crippen LogP contribution is 2.45. The maximum absolute atomic E-state index is 13.6. The van der Waals surface area contributed by atoms with Gasteiger partial charge in [-0.1, -0.05) is 0 Å². The second-order valence-electron chi connectivity index (χ2n) is 4.92. The van der Waals surface area contributed by atoms with E-state index in [9.17, 15) is 13.6 Å². The van der Waals surface area contributed by atoms with Gasteiger partial charge >= 0.3 is 5.97 Å². The van der Waals surface area contributed by atoms with Crippen LogP contribution in [-0.4, -0.2) is 41.5 Å². The van der Waals surface area contributed by atoms with Crippen molar-refractivity contribution in [2.75, 3.05) is 19.6 Å². The molecule has 0 aromatic rings. The molecule has 1 aliphatic heterocycles. The maximum Gasteiger partial charge on any atom is 0.304 e. The Kier molecular flexibility index (Phi) is 3.15. The topological polar surface area (TPSA) is 40.5 Å². The summed E-state index contributed by atoms with van der Waals surface area (Å²) in [5.74, 6) is -3.88. The van der Waals surface area contributed by atoms with E-state index in [4.69, 9.17) is 5.11 Å². The summed E-state index contributed by atoms with van der Waals surface area (Å²) in [6.07, 6.45) is 1.51. The summed E-state index contributed by atoms with van der Waals surface area (Å²) in [6, 6.07) is 0. The molecule has 0 radical (unpaired) electrons. The predicted molar refractivity (Wildman–Crippen MR) is 54.5 cm³/mol. The van der Waals surface area contributed by atoms with Crippen molar-refractivity contribution in [2.24, 2.45) is 11.8 Å². The van der Waals surface area contributed by atoms with Crippen LogP contribution in [0.2, 0.25) is 0 Å². The van der Waals surface area contributed by atoms with Crippen LogP contribution in [0.25, 0.3) is 0 Å².